The van der Waals surface area contributed by atoms with E-state index in [1.165, 1.54) is 10.7 Å². The molecule has 2 aromatic rings. The molecule has 0 atom stereocenters. The zero-order valence-corrected chi connectivity index (χ0v) is 19.6. The summed E-state index contributed by atoms with van der Waals surface area (Å²) in [6.45, 7) is 3.41. The predicted octanol–water partition coefficient (Wildman–Crippen LogP) is 1.42. The summed E-state index contributed by atoms with van der Waals surface area (Å²) >= 11 is 0.109. The molecule has 29 heavy (non-hydrogen) atoms. The Kier molecular flexibility index (Phi) is 9.26. The van der Waals surface area contributed by atoms with Crippen LogP contribution in [0.15, 0.2) is 48.5 Å². The molecule has 1 amide bonds. The Labute approximate surface area is 183 Å². The maximum absolute atomic E-state index is 12.4. The van der Waals surface area contributed by atoms with E-state index in [4.69, 9.17) is 9.57 Å². The third kappa shape index (κ3) is 7.87. The monoisotopic (exact) mass is 510 g/mol. The number of hydrogen-bond donors (Lipinski definition) is 1. The molecule has 0 saturated heterocycles. The molecule has 0 aliphatic rings. The quantitative estimate of drug-likeness (QED) is 0.124. The van der Waals surface area contributed by atoms with Crippen LogP contribution in [0.5, 0.6) is 0 Å². The number of carbonyl (C=O) groups is 2. The summed E-state index contributed by atoms with van der Waals surface area (Å²) in [6, 6.07) is 16.4. The summed E-state index contributed by atoms with van der Waals surface area (Å²) in [4.78, 5) is 31.5. The number of ketones is 1. The zero-order valence-electron chi connectivity index (χ0n) is 17.5. The molecule has 0 aliphatic heterocycles. The molecule has 0 aromatic heterocycles. The molecule has 0 heterocycles. The van der Waals surface area contributed by atoms with Gasteiger partial charge in [0.15, 0.2) is 5.79 Å². The van der Waals surface area contributed by atoms with Crippen LogP contribution in [0.1, 0.15) is 49.9 Å². The number of methoxy groups -OCH3 is 1. The second kappa shape index (κ2) is 11.4. The first-order valence-corrected chi connectivity index (χ1v) is 12.8. The number of Topliss-reactive ketones (excluding diaryl/α,β-unsaturated/α-hetero) is 1. The topological polar surface area (TPSA) is 64.6 Å². The number of nitrogens with one attached hydrogen (secondary N) is 1. The number of unbranched alkanes of at least 4 members (excludes halogenated alkanes) is 1. The first-order valence-electron chi connectivity index (χ1n) is 9.60. The molecule has 1 N–H and O–H groups in total. The van der Waals surface area contributed by atoms with Gasteiger partial charge in [0.05, 0.1) is 0 Å². The first kappa shape index (κ1) is 23.5. The van der Waals surface area contributed by atoms with Crippen LogP contribution in [-0.4, -0.2) is 29.5 Å². The normalized spacial score (nSPS) is 11.4. The second-order valence-corrected chi connectivity index (χ2v) is 9.46. The van der Waals surface area contributed by atoms with Gasteiger partial charge in [-0.05, 0) is 13.8 Å². The maximum atomic E-state index is 12.4. The molecule has 5 nitrogen and oxygen atoms in total. The van der Waals surface area contributed by atoms with E-state index in [0.717, 1.165) is 11.1 Å². The van der Waals surface area contributed by atoms with Crippen LogP contribution in [0.2, 0.25) is 0 Å². The predicted molar refractivity (Wildman–Crippen MR) is 110 cm³/mol. The van der Waals surface area contributed by atoms with E-state index < -0.39 is 5.79 Å². The number of halogens is 1. The number of hydrogen-bond acceptors (Lipinski definition) is 4. The van der Waals surface area contributed by atoms with Gasteiger partial charge in [-0.3, -0.25) is 4.79 Å². The molecular formula is C23H29INO4-. The van der Waals surface area contributed by atoms with Gasteiger partial charge >= 0.3 is 125 Å². The third-order valence-electron chi connectivity index (χ3n) is 4.56. The van der Waals surface area contributed by atoms with Crippen LogP contribution in [-0.2, 0) is 14.4 Å². The summed E-state index contributed by atoms with van der Waals surface area (Å²) in [5, 5.41) is 0. The van der Waals surface area contributed by atoms with Crippen molar-refractivity contribution in [3.05, 3.63) is 57.7 Å². The summed E-state index contributed by atoms with van der Waals surface area (Å²) in [5.74, 6) is -0.986. The third-order valence-corrected chi connectivity index (χ3v) is 6.53. The van der Waals surface area contributed by atoms with Crippen LogP contribution in [0.3, 0.4) is 0 Å². The average Bonchev–Trinajstić information content (AvgIpc) is 2.75. The van der Waals surface area contributed by atoms with Gasteiger partial charge in [-0.25, -0.2) is 10.3 Å². The molecule has 6 heteroatoms. The standard InChI is InChI=1S/C23H29INO4/c1-23(2,28-4)29-25-22(27)8-6-5-7-21(26)19-11-9-17(10-12-19)18-13-15-20(24-3)16-14-18/h9-16H,5-8H2,1-4H3,(H,25,27)/q-1. The molecule has 2 aromatic carbocycles. The van der Waals surface area contributed by atoms with Crippen molar-refractivity contribution in [3.8, 4) is 11.1 Å². The van der Waals surface area contributed by atoms with Crippen molar-refractivity contribution in [2.45, 2.75) is 45.3 Å². The summed E-state index contributed by atoms with van der Waals surface area (Å²) in [7, 11) is 1.51. The molecule has 158 valence electrons. The number of rotatable bonds is 11. The van der Waals surface area contributed by atoms with Gasteiger partial charge in [-0.2, -0.15) is 0 Å². The van der Waals surface area contributed by atoms with E-state index in [9.17, 15) is 9.59 Å². The van der Waals surface area contributed by atoms with Crippen molar-refractivity contribution in [2.24, 2.45) is 0 Å². The number of carbonyl (C=O) groups excluding carboxylic acids is 2. The number of hydroxylamine groups is 1. The van der Waals surface area contributed by atoms with Crippen molar-refractivity contribution in [3.63, 3.8) is 0 Å². The SMILES string of the molecule is COC(C)(C)ONC(=O)CCCCC(=O)c1ccc(-c2ccc([I-]C)cc2)cc1. The van der Waals surface area contributed by atoms with Gasteiger partial charge in [0.1, 0.15) is 0 Å². The van der Waals surface area contributed by atoms with E-state index >= 15 is 0 Å². The minimum absolute atomic E-state index is 0.0970. The summed E-state index contributed by atoms with van der Waals surface area (Å²) in [5.41, 5.74) is 5.35. The number of amides is 1. The molecule has 0 aliphatic carbocycles. The second-order valence-electron chi connectivity index (χ2n) is 7.13. The van der Waals surface area contributed by atoms with Crippen LogP contribution in [0, 0.1) is 3.57 Å². The molecule has 0 spiro atoms. The number of ether oxygens (including phenoxy) is 1. The Morgan fingerprint density at radius 1 is 0.931 bits per heavy atom. The van der Waals surface area contributed by atoms with Crippen LogP contribution in [0.25, 0.3) is 11.1 Å². The molecule has 0 unspecified atom stereocenters. The Hall–Kier alpha value is -1.77. The van der Waals surface area contributed by atoms with Crippen LogP contribution >= 0.6 is 0 Å². The Morgan fingerprint density at radius 2 is 1.48 bits per heavy atom. The van der Waals surface area contributed by atoms with Crippen molar-refractivity contribution >= 4 is 11.7 Å². The summed E-state index contributed by atoms with van der Waals surface area (Å²) in [6.07, 6.45) is 2.01. The number of benzene rings is 2. The van der Waals surface area contributed by atoms with E-state index in [2.05, 4.69) is 34.7 Å². The van der Waals surface area contributed by atoms with Gasteiger partial charge in [0.25, 0.3) is 0 Å². The van der Waals surface area contributed by atoms with E-state index in [0.29, 0.717) is 31.2 Å². The Bertz CT molecular complexity index is 801. The van der Waals surface area contributed by atoms with E-state index in [1.807, 2.05) is 24.3 Å². The van der Waals surface area contributed by atoms with Crippen LogP contribution in [0.4, 0.5) is 0 Å². The van der Waals surface area contributed by atoms with E-state index in [1.54, 1.807) is 13.8 Å². The van der Waals surface area contributed by atoms with Crippen molar-refractivity contribution in [1.29, 1.82) is 0 Å². The first-order chi connectivity index (χ1) is 13.8. The molecular weight excluding hydrogens is 481 g/mol. The fraction of sp³-hybridized carbons (Fsp3) is 0.391. The Balaban J connectivity index is 1.75. The van der Waals surface area contributed by atoms with Gasteiger partial charge in [0, 0.05) is 13.5 Å². The van der Waals surface area contributed by atoms with E-state index in [-0.39, 0.29) is 32.9 Å². The molecule has 0 fully saturated rings. The van der Waals surface area contributed by atoms with Gasteiger partial charge in [-0.15, -0.1) is 0 Å². The van der Waals surface area contributed by atoms with Crippen LogP contribution < -0.4 is 26.7 Å². The molecule has 0 bridgehead atoms. The Morgan fingerprint density at radius 3 is 2.03 bits per heavy atom. The minimum atomic E-state index is -0.864. The van der Waals surface area contributed by atoms with Crippen molar-refractivity contribution in [1.82, 2.24) is 5.48 Å². The fourth-order valence-electron chi connectivity index (χ4n) is 2.60. The zero-order chi connectivity index (χ0) is 21.3. The van der Waals surface area contributed by atoms with Gasteiger partial charge < -0.3 is 4.74 Å². The molecule has 0 saturated carbocycles. The summed E-state index contributed by atoms with van der Waals surface area (Å²) < 4.78 is 6.48. The van der Waals surface area contributed by atoms with Crippen molar-refractivity contribution < 1.29 is 40.4 Å². The van der Waals surface area contributed by atoms with Gasteiger partial charge in [0.2, 0.25) is 5.91 Å². The fourth-order valence-corrected chi connectivity index (χ4v) is 3.68. The molecule has 2 rings (SSSR count). The molecule has 0 radical (unpaired) electrons. The average molecular weight is 510 g/mol. The van der Waals surface area contributed by atoms with Gasteiger partial charge in [-0.1, -0.05) is 0 Å². The van der Waals surface area contributed by atoms with Crippen molar-refractivity contribution in [2.75, 3.05) is 12.0 Å². The number of alkyl halides is 1.